The molecule has 2 aromatic rings. The first-order chi connectivity index (χ1) is 10.6. The van der Waals surface area contributed by atoms with E-state index in [1.807, 2.05) is 31.2 Å². The predicted octanol–water partition coefficient (Wildman–Crippen LogP) is 2.71. The molecule has 3 N–H and O–H groups in total. The number of nitrogens with one attached hydrogen (secondary N) is 1. The minimum absolute atomic E-state index is 0.173. The van der Waals surface area contributed by atoms with Crippen molar-refractivity contribution in [1.82, 2.24) is 15.3 Å². The molecular weight excluding hydrogens is 276 g/mol. The van der Waals surface area contributed by atoms with E-state index in [1.165, 1.54) is 5.56 Å². The molecule has 1 aromatic carbocycles. The number of amides is 1. The van der Waals surface area contributed by atoms with Crippen LogP contribution in [0.1, 0.15) is 41.7 Å². The molecule has 0 unspecified atom stereocenters. The van der Waals surface area contributed by atoms with Crippen LogP contribution in [0.3, 0.4) is 0 Å². The Labute approximate surface area is 130 Å². The van der Waals surface area contributed by atoms with Crippen LogP contribution in [0.25, 0.3) is 11.3 Å². The second-order valence-corrected chi connectivity index (χ2v) is 5.81. The van der Waals surface area contributed by atoms with Gasteiger partial charge in [0.1, 0.15) is 0 Å². The van der Waals surface area contributed by atoms with Gasteiger partial charge in [-0.25, -0.2) is 9.97 Å². The van der Waals surface area contributed by atoms with Crippen molar-refractivity contribution < 1.29 is 4.79 Å². The van der Waals surface area contributed by atoms with E-state index in [2.05, 4.69) is 15.3 Å². The van der Waals surface area contributed by atoms with Gasteiger partial charge in [0.2, 0.25) is 0 Å². The maximum Gasteiger partial charge on any atom is 0.273 e. The van der Waals surface area contributed by atoms with Crippen molar-refractivity contribution >= 4 is 11.7 Å². The lowest BCUT2D eigenvalue weighted by molar-refractivity contribution is 0.0933. The lowest BCUT2D eigenvalue weighted by atomic mass is 10.1. The zero-order valence-corrected chi connectivity index (χ0v) is 12.7. The zero-order valence-electron chi connectivity index (χ0n) is 12.7. The lowest BCUT2D eigenvalue weighted by Gasteiger charge is -2.13. The Morgan fingerprint density at radius 3 is 2.59 bits per heavy atom. The summed E-state index contributed by atoms with van der Waals surface area (Å²) in [5.74, 6) is -0.0581. The third kappa shape index (κ3) is 3.08. The zero-order chi connectivity index (χ0) is 15.5. The number of nitrogens with zero attached hydrogens (tertiary/aromatic N) is 2. The molecule has 5 nitrogen and oxygen atoms in total. The van der Waals surface area contributed by atoms with Crippen LogP contribution >= 0.6 is 0 Å². The first-order valence-corrected chi connectivity index (χ1v) is 7.64. The first kappa shape index (κ1) is 14.5. The maximum absolute atomic E-state index is 12.4. The molecule has 0 bridgehead atoms. The Kier molecular flexibility index (Phi) is 4.04. The van der Waals surface area contributed by atoms with Crippen LogP contribution < -0.4 is 11.1 Å². The molecule has 0 aliphatic heterocycles. The highest BCUT2D eigenvalue weighted by Crippen LogP contribution is 2.21. The van der Waals surface area contributed by atoms with Gasteiger partial charge in [0.05, 0.1) is 11.9 Å². The quantitative estimate of drug-likeness (QED) is 0.912. The van der Waals surface area contributed by atoms with Crippen LogP contribution in [0.5, 0.6) is 0 Å². The largest absolute Gasteiger partial charge is 0.382 e. The second-order valence-electron chi connectivity index (χ2n) is 5.81. The molecular formula is C17H20N4O. The van der Waals surface area contributed by atoms with Crippen LogP contribution in [-0.2, 0) is 0 Å². The van der Waals surface area contributed by atoms with Crippen LogP contribution in [0.2, 0.25) is 0 Å². The number of hydrogen-bond acceptors (Lipinski definition) is 4. The number of nitrogen functional groups attached to an aromatic ring is 1. The molecule has 1 amide bonds. The fourth-order valence-electron chi connectivity index (χ4n) is 2.75. The Morgan fingerprint density at radius 1 is 1.23 bits per heavy atom. The molecule has 1 saturated carbocycles. The molecule has 0 spiro atoms. The number of carbonyl (C=O) groups is 1. The number of nitrogens with two attached hydrogens (primary N) is 1. The number of anilines is 1. The van der Waals surface area contributed by atoms with E-state index in [9.17, 15) is 4.79 Å². The van der Waals surface area contributed by atoms with Crippen LogP contribution in [0.4, 0.5) is 5.82 Å². The van der Waals surface area contributed by atoms with Crippen molar-refractivity contribution in [3.63, 3.8) is 0 Å². The number of aryl methyl sites for hydroxylation is 1. The van der Waals surface area contributed by atoms with E-state index in [0.717, 1.165) is 31.2 Å². The average molecular weight is 296 g/mol. The monoisotopic (exact) mass is 296 g/mol. The smallest absolute Gasteiger partial charge is 0.273 e. The highest BCUT2D eigenvalue weighted by atomic mass is 16.2. The van der Waals surface area contributed by atoms with Gasteiger partial charge in [-0.3, -0.25) is 4.79 Å². The number of hydrogen-bond donors (Lipinski definition) is 2. The summed E-state index contributed by atoms with van der Waals surface area (Å²) >= 11 is 0. The van der Waals surface area contributed by atoms with Gasteiger partial charge in [0.25, 0.3) is 5.91 Å². The van der Waals surface area contributed by atoms with E-state index in [4.69, 9.17) is 5.73 Å². The van der Waals surface area contributed by atoms with Crippen LogP contribution in [0.15, 0.2) is 30.5 Å². The summed E-state index contributed by atoms with van der Waals surface area (Å²) in [6.45, 7) is 2.03. The Bertz CT molecular complexity index is 676. The topological polar surface area (TPSA) is 80.9 Å². The summed E-state index contributed by atoms with van der Waals surface area (Å²) in [6, 6.07) is 8.18. The fraction of sp³-hybridized carbons (Fsp3) is 0.353. The lowest BCUT2D eigenvalue weighted by Crippen LogP contribution is -2.33. The summed E-state index contributed by atoms with van der Waals surface area (Å²) in [4.78, 5) is 20.9. The van der Waals surface area contributed by atoms with Crippen LogP contribution in [0, 0.1) is 6.92 Å². The van der Waals surface area contributed by atoms with E-state index in [0.29, 0.717) is 5.69 Å². The molecule has 114 valence electrons. The van der Waals surface area contributed by atoms with Gasteiger partial charge in [0.15, 0.2) is 11.5 Å². The minimum atomic E-state index is -0.231. The summed E-state index contributed by atoms with van der Waals surface area (Å²) in [6.07, 6.45) is 5.98. The summed E-state index contributed by atoms with van der Waals surface area (Å²) in [5.41, 5.74) is 8.80. The molecule has 1 aliphatic rings. The summed E-state index contributed by atoms with van der Waals surface area (Å²) < 4.78 is 0. The second kappa shape index (κ2) is 6.13. The summed E-state index contributed by atoms with van der Waals surface area (Å²) in [7, 11) is 0. The fourth-order valence-corrected chi connectivity index (χ4v) is 2.75. The Balaban J connectivity index is 1.85. The van der Waals surface area contributed by atoms with Gasteiger partial charge in [-0.1, -0.05) is 42.7 Å². The molecule has 0 atom stereocenters. The van der Waals surface area contributed by atoms with Gasteiger partial charge in [-0.2, -0.15) is 0 Å². The number of rotatable bonds is 3. The normalized spacial score (nSPS) is 15.0. The molecule has 5 heteroatoms. The third-order valence-corrected chi connectivity index (χ3v) is 4.05. The Morgan fingerprint density at radius 2 is 1.91 bits per heavy atom. The van der Waals surface area contributed by atoms with Gasteiger partial charge in [0, 0.05) is 11.6 Å². The Hall–Kier alpha value is -2.43. The van der Waals surface area contributed by atoms with Crippen molar-refractivity contribution in [2.24, 2.45) is 0 Å². The minimum Gasteiger partial charge on any atom is -0.382 e. The van der Waals surface area contributed by atoms with E-state index in [1.54, 1.807) is 6.20 Å². The van der Waals surface area contributed by atoms with Gasteiger partial charge < -0.3 is 11.1 Å². The third-order valence-electron chi connectivity index (χ3n) is 4.05. The number of benzene rings is 1. The first-order valence-electron chi connectivity index (χ1n) is 7.64. The molecule has 1 heterocycles. The molecule has 22 heavy (non-hydrogen) atoms. The van der Waals surface area contributed by atoms with Crippen molar-refractivity contribution in [2.75, 3.05) is 5.73 Å². The van der Waals surface area contributed by atoms with Crippen molar-refractivity contribution in [2.45, 2.75) is 38.6 Å². The molecule has 0 radical (unpaired) electrons. The SMILES string of the molecule is Cc1ccc(-c2cnc(N)c(C(=O)NC3CCCC3)n2)cc1. The standard InChI is InChI=1S/C17H20N4O/c1-11-6-8-12(9-7-11)14-10-19-16(18)15(21-14)17(22)20-13-4-2-3-5-13/h6-10,13H,2-5H2,1H3,(H2,18,19)(H,20,22). The van der Waals surface area contributed by atoms with Gasteiger partial charge >= 0.3 is 0 Å². The molecule has 1 fully saturated rings. The summed E-state index contributed by atoms with van der Waals surface area (Å²) in [5, 5.41) is 3.00. The number of aromatic nitrogens is 2. The molecule has 3 rings (SSSR count). The number of carbonyl (C=O) groups excluding carboxylic acids is 1. The van der Waals surface area contributed by atoms with Crippen LogP contribution in [-0.4, -0.2) is 21.9 Å². The predicted molar refractivity (Wildman–Crippen MR) is 86.3 cm³/mol. The van der Waals surface area contributed by atoms with E-state index in [-0.39, 0.29) is 23.5 Å². The molecule has 1 aromatic heterocycles. The van der Waals surface area contributed by atoms with Crippen molar-refractivity contribution in [1.29, 1.82) is 0 Å². The van der Waals surface area contributed by atoms with Crippen molar-refractivity contribution in [3.8, 4) is 11.3 Å². The maximum atomic E-state index is 12.4. The van der Waals surface area contributed by atoms with Crippen molar-refractivity contribution in [3.05, 3.63) is 41.7 Å². The van der Waals surface area contributed by atoms with Gasteiger partial charge in [-0.15, -0.1) is 0 Å². The van der Waals surface area contributed by atoms with Gasteiger partial charge in [-0.05, 0) is 19.8 Å². The van der Waals surface area contributed by atoms with E-state index >= 15 is 0 Å². The highest BCUT2D eigenvalue weighted by molar-refractivity contribution is 5.97. The highest BCUT2D eigenvalue weighted by Gasteiger charge is 2.21. The molecule has 0 saturated heterocycles. The van der Waals surface area contributed by atoms with E-state index < -0.39 is 0 Å². The average Bonchev–Trinajstić information content (AvgIpc) is 3.01. The molecule has 1 aliphatic carbocycles.